The number of hydrogen-bond donors (Lipinski definition) is 1. The maximum absolute atomic E-state index is 12.1. The zero-order chi connectivity index (χ0) is 14.8. The van der Waals surface area contributed by atoms with Crippen molar-refractivity contribution in [3.8, 4) is 0 Å². The van der Waals surface area contributed by atoms with E-state index in [1.54, 1.807) is 18.2 Å². The third-order valence-corrected chi connectivity index (χ3v) is 5.45. The molecule has 0 spiro atoms. The van der Waals surface area contributed by atoms with Crippen molar-refractivity contribution in [2.75, 3.05) is 27.2 Å². The van der Waals surface area contributed by atoms with E-state index in [1.165, 1.54) is 18.4 Å². The van der Waals surface area contributed by atoms with Crippen LogP contribution in [-0.2, 0) is 16.6 Å². The first-order valence-corrected chi connectivity index (χ1v) is 8.25. The zero-order valence-corrected chi connectivity index (χ0v) is 12.8. The molecule has 5 nitrogen and oxygen atoms in total. The van der Waals surface area contributed by atoms with Crippen molar-refractivity contribution >= 4 is 10.0 Å². The number of aliphatic hydroxyl groups excluding tert-OH is 1. The van der Waals surface area contributed by atoms with Crippen LogP contribution >= 0.6 is 0 Å². The van der Waals surface area contributed by atoms with E-state index in [9.17, 15) is 13.5 Å². The molecule has 1 N–H and O–H groups in total. The first-order valence-electron chi connectivity index (χ1n) is 6.81. The molecule has 0 aromatic heterocycles. The van der Waals surface area contributed by atoms with Gasteiger partial charge in [0.1, 0.15) is 0 Å². The van der Waals surface area contributed by atoms with Crippen LogP contribution in [0.3, 0.4) is 0 Å². The molecule has 0 unspecified atom stereocenters. The lowest BCUT2D eigenvalue weighted by Gasteiger charge is -2.29. The first-order chi connectivity index (χ1) is 9.39. The normalized spacial score (nSPS) is 18.6. The number of hydrogen-bond acceptors (Lipinski definition) is 4. The van der Waals surface area contributed by atoms with Crippen LogP contribution in [0.2, 0.25) is 0 Å². The highest BCUT2D eigenvalue weighted by Crippen LogP contribution is 2.18. The van der Waals surface area contributed by atoms with Gasteiger partial charge in [0.25, 0.3) is 0 Å². The van der Waals surface area contributed by atoms with Crippen LogP contribution in [0.4, 0.5) is 0 Å². The topological polar surface area (TPSA) is 60.9 Å². The fourth-order valence-electron chi connectivity index (χ4n) is 2.35. The van der Waals surface area contributed by atoms with Crippen molar-refractivity contribution in [3.05, 3.63) is 29.8 Å². The van der Waals surface area contributed by atoms with Crippen molar-refractivity contribution in [1.82, 2.24) is 9.21 Å². The Kier molecular flexibility index (Phi) is 4.80. The van der Waals surface area contributed by atoms with Crippen molar-refractivity contribution in [2.45, 2.75) is 30.4 Å². The number of aliphatic hydroxyl groups is 1. The molecule has 112 valence electrons. The van der Waals surface area contributed by atoms with E-state index >= 15 is 0 Å². The van der Waals surface area contributed by atoms with E-state index < -0.39 is 10.0 Å². The molecule has 1 aliphatic rings. The third kappa shape index (κ3) is 3.58. The van der Waals surface area contributed by atoms with Gasteiger partial charge in [0, 0.05) is 33.7 Å². The largest absolute Gasteiger partial charge is 0.393 e. The number of piperidine rings is 1. The lowest BCUT2D eigenvalue weighted by Crippen LogP contribution is -2.35. The zero-order valence-electron chi connectivity index (χ0n) is 12.0. The van der Waals surface area contributed by atoms with Gasteiger partial charge in [0.2, 0.25) is 10.0 Å². The number of nitrogens with zero attached hydrogens (tertiary/aromatic N) is 2. The monoisotopic (exact) mass is 298 g/mol. The summed E-state index contributed by atoms with van der Waals surface area (Å²) in [6.07, 6.45) is 1.39. The second-order valence-electron chi connectivity index (χ2n) is 5.44. The number of sulfonamides is 1. The molecule has 0 amide bonds. The summed E-state index contributed by atoms with van der Waals surface area (Å²) in [4.78, 5) is 2.57. The molecular weight excluding hydrogens is 276 g/mol. The van der Waals surface area contributed by atoms with Gasteiger partial charge in [0.05, 0.1) is 11.0 Å². The lowest BCUT2D eigenvalue weighted by molar-refractivity contribution is 0.0792. The second-order valence-corrected chi connectivity index (χ2v) is 7.59. The molecule has 1 saturated heterocycles. The Morgan fingerprint density at radius 3 is 2.55 bits per heavy atom. The summed E-state index contributed by atoms with van der Waals surface area (Å²) in [6, 6.07) is 7.09. The highest BCUT2D eigenvalue weighted by atomic mass is 32.2. The van der Waals surface area contributed by atoms with E-state index in [4.69, 9.17) is 0 Å². The predicted octanol–water partition coefficient (Wildman–Crippen LogP) is 0.894. The van der Waals surface area contributed by atoms with Crippen molar-refractivity contribution < 1.29 is 13.5 Å². The summed E-state index contributed by atoms with van der Waals surface area (Å²) in [7, 11) is -0.303. The molecule has 0 bridgehead atoms. The molecule has 1 heterocycles. The molecule has 1 aromatic carbocycles. The lowest BCUT2D eigenvalue weighted by atomic mass is 10.1. The van der Waals surface area contributed by atoms with Gasteiger partial charge in [-0.15, -0.1) is 0 Å². The van der Waals surface area contributed by atoms with Crippen LogP contribution in [-0.4, -0.2) is 56.0 Å². The Bertz CT molecular complexity index is 549. The van der Waals surface area contributed by atoms with Crippen molar-refractivity contribution in [3.63, 3.8) is 0 Å². The molecule has 0 aliphatic carbocycles. The summed E-state index contributed by atoms with van der Waals surface area (Å²) >= 11 is 0. The van der Waals surface area contributed by atoms with Crippen LogP contribution in [0.25, 0.3) is 0 Å². The Hall–Kier alpha value is -0.950. The predicted molar refractivity (Wildman–Crippen MR) is 77.8 cm³/mol. The van der Waals surface area contributed by atoms with E-state index in [0.717, 1.165) is 38.0 Å². The molecule has 0 saturated carbocycles. The third-order valence-electron chi connectivity index (χ3n) is 3.64. The van der Waals surface area contributed by atoms with Crippen LogP contribution in [0.5, 0.6) is 0 Å². The van der Waals surface area contributed by atoms with Crippen LogP contribution in [0, 0.1) is 0 Å². The van der Waals surface area contributed by atoms with Gasteiger partial charge in [-0.25, -0.2) is 12.7 Å². The number of benzene rings is 1. The average molecular weight is 298 g/mol. The van der Waals surface area contributed by atoms with Gasteiger partial charge in [-0.1, -0.05) is 12.1 Å². The quantitative estimate of drug-likeness (QED) is 0.897. The summed E-state index contributed by atoms with van der Waals surface area (Å²) in [5.41, 5.74) is 0.990. The Balaban J connectivity index is 2.11. The molecule has 20 heavy (non-hydrogen) atoms. The minimum atomic E-state index is -3.37. The van der Waals surface area contributed by atoms with Crippen molar-refractivity contribution in [2.24, 2.45) is 0 Å². The van der Waals surface area contributed by atoms with E-state index in [-0.39, 0.29) is 6.10 Å². The Morgan fingerprint density at radius 2 is 1.95 bits per heavy atom. The van der Waals surface area contributed by atoms with Crippen LogP contribution < -0.4 is 0 Å². The molecule has 1 fully saturated rings. The highest BCUT2D eigenvalue weighted by molar-refractivity contribution is 7.89. The van der Waals surface area contributed by atoms with Gasteiger partial charge < -0.3 is 5.11 Å². The minimum absolute atomic E-state index is 0.188. The standard InChI is InChI=1S/C14H22N2O3S/c1-15(2)20(18,19)14-5-3-4-12(10-14)11-16-8-6-13(17)7-9-16/h3-5,10,13,17H,6-9,11H2,1-2H3. The highest BCUT2D eigenvalue weighted by Gasteiger charge is 2.19. The summed E-state index contributed by atoms with van der Waals surface area (Å²) in [6.45, 7) is 2.43. The minimum Gasteiger partial charge on any atom is -0.393 e. The van der Waals surface area contributed by atoms with Crippen molar-refractivity contribution in [1.29, 1.82) is 0 Å². The van der Waals surface area contributed by atoms with Gasteiger partial charge in [-0.2, -0.15) is 0 Å². The Labute approximate surface area is 120 Å². The molecule has 1 aromatic rings. The van der Waals surface area contributed by atoms with Gasteiger partial charge in [-0.3, -0.25) is 4.90 Å². The maximum Gasteiger partial charge on any atom is 0.242 e. The second kappa shape index (κ2) is 6.22. The average Bonchev–Trinajstić information content (AvgIpc) is 2.41. The molecule has 0 radical (unpaired) electrons. The molecular formula is C14H22N2O3S. The Morgan fingerprint density at radius 1 is 1.30 bits per heavy atom. The fraction of sp³-hybridized carbons (Fsp3) is 0.571. The fourth-order valence-corrected chi connectivity index (χ4v) is 3.32. The number of likely N-dealkylation sites (tertiary alicyclic amines) is 1. The van der Waals surface area contributed by atoms with Gasteiger partial charge >= 0.3 is 0 Å². The van der Waals surface area contributed by atoms with Crippen LogP contribution in [0.15, 0.2) is 29.2 Å². The van der Waals surface area contributed by atoms with Gasteiger partial charge in [-0.05, 0) is 30.5 Å². The maximum atomic E-state index is 12.1. The number of rotatable bonds is 4. The SMILES string of the molecule is CN(C)S(=O)(=O)c1cccc(CN2CCC(O)CC2)c1. The van der Waals surface area contributed by atoms with E-state index in [2.05, 4.69) is 4.90 Å². The van der Waals surface area contributed by atoms with E-state index in [0.29, 0.717) is 4.90 Å². The summed E-state index contributed by atoms with van der Waals surface area (Å²) < 4.78 is 25.4. The first kappa shape index (κ1) is 15.4. The molecule has 0 atom stereocenters. The summed E-state index contributed by atoms with van der Waals surface area (Å²) in [5, 5.41) is 9.49. The van der Waals surface area contributed by atoms with Gasteiger partial charge in [0.15, 0.2) is 0 Å². The van der Waals surface area contributed by atoms with E-state index in [1.807, 2.05) is 6.07 Å². The molecule has 6 heteroatoms. The molecule has 2 rings (SSSR count). The van der Waals surface area contributed by atoms with Crippen LogP contribution in [0.1, 0.15) is 18.4 Å². The summed E-state index contributed by atoms with van der Waals surface area (Å²) in [5.74, 6) is 0. The smallest absolute Gasteiger partial charge is 0.242 e. The molecule has 1 aliphatic heterocycles.